The summed E-state index contributed by atoms with van der Waals surface area (Å²) in [6, 6.07) is 16.1. The Balaban J connectivity index is 2.35. The van der Waals surface area contributed by atoms with Gasteiger partial charge in [0.1, 0.15) is 0 Å². The third kappa shape index (κ3) is 3.11. The van der Waals surface area contributed by atoms with E-state index in [4.69, 9.17) is 0 Å². The minimum absolute atomic E-state index is 0.222. The van der Waals surface area contributed by atoms with Crippen LogP contribution in [0.1, 0.15) is 18.5 Å². The van der Waals surface area contributed by atoms with E-state index in [0.717, 1.165) is 10.0 Å². The molecular formula is C15H16BrNO2S. The first-order chi connectivity index (χ1) is 9.43. The smallest absolute Gasteiger partial charge is 0.207 e. The minimum Gasteiger partial charge on any atom is -0.207 e. The molecule has 0 fully saturated rings. The predicted octanol–water partition coefficient (Wildman–Crippen LogP) is 3.83. The van der Waals surface area contributed by atoms with E-state index in [1.807, 2.05) is 37.3 Å². The Kier molecular flexibility index (Phi) is 4.62. The topological polar surface area (TPSA) is 37.4 Å². The van der Waals surface area contributed by atoms with Gasteiger partial charge in [0.2, 0.25) is 10.0 Å². The van der Waals surface area contributed by atoms with Crippen LogP contribution in [0.15, 0.2) is 64.0 Å². The summed E-state index contributed by atoms with van der Waals surface area (Å²) in [4.78, 5) is 0.289. The van der Waals surface area contributed by atoms with Crippen LogP contribution in [0, 0.1) is 0 Å². The highest BCUT2D eigenvalue weighted by Crippen LogP contribution is 2.26. The zero-order valence-electron chi connectivity index (χ0n) is 11.3. The Bertz CT molecular complexity index is 686. The first-order valence-corrected chi connectivity index (χ1v) is 8.45. The first kappa shape index (κ1) is 15.2. The van der Waals surface area contributed by atoms with Crippen LogP contribution in [-0.2, 0) is 10.0 Å². The molecule has 2 aromatic carbocycles. The van der Waals surface area contributed by atoms with Gasteiger partial charge in [-0.2, -0.15) is 4.31 Å². The van der Waals surface area contributed by atoms with E-state index in [9.17, 15) is 8.42 Å². The van der Waals surface area contributed by atoms with Gasteiger partial charge in [-0.25, -0.2) is 8.42 Å². The van der Waals surface area contributed by atoms with Crippen molar-refractivity contribution in [3.63, 3.8) is 0 Å². The number of halogens is 1. The van der Waals surface area contributed by atoms with Gasteiger partial charge >= 0.3 is 0 Å². The number of hydrogen-bond acceptors (Lipinski definition) is 2. The number of nitrogens with zero attached hydrogens (tertiary/aromatic N) is 1. The molecule has 2 rings (SSSR count). The van der Waals surface area contributed by atoms with Crippen molar-refractivity contribution in [1.29, 1.82) is 0 Å². The van der Waals surface area contributed by atoms with Gasteiger partial charge in [0.25, 0.3) is 0 Å². The zero-order chi connectivity index (χ0) is 14.8. The lowest BCUT2D eigenvalue weighted by Gasteiger charge is -2.24. The van der Waals surface area contributed by atoms with E-state index in [-0.39, 0.29) is 10.9 Å². The molecule has 0 saturated carbocycles. The van der Waals surface area contributed by atoms with Gasteiger partial charge in [0.05, 0.1) is 4.90 Å². The van der Waals surface area contributed by atoms with E-state index < -0.39 is 10.0 Å². The fraction of sp³-hybridized carbons (Fsp3) is 0.200. The summed E-state index contributed by atoms with van der Waals surface area (Å²) in [5, 5.41) is 0. The highest BCUT2D eigenvalue weighted by Gasteiger charge is 2.26. The van der Waals surface area contributed by atoms with E-state index in [1.54, 1.807) is 31.3 Å². The summed E-state index contributed by atoms with van der Waals surface area (Å²) in [5.74, 6) is 0. The summed E-state index contributed by atoms with van der Waals surface area (Å²) >= 11 is 3.30. The molecule has 1 atom stereocenters. The fourth-order valence-corrected chi connectivity index (χ4v) is 3.89. The summed E-state index contributed by atoms with van der Waals surface area (Å²) in [6.07, 6.45) is 0. The molecule has 0 radical (unpaired) electrons. The molecule has 106 valence electrons. The Labute approximate surface area is 128 Å². The molecule has 0 saturated heterocycles. The average molecular weight is 354 g/mol. The number of benzene rings is 2. The zero-order valence-corrected chi connectivity index (χ0v) is 13.7. The summed E-state index contributed by atoms with van der Waals surface area (Å²) in [6.45, 7) is 1.88. The normalized spacial score (nSPS) is 13.4. The second kappa shape index (κ2) is 6.08. The Morgan fingerprint density at radius 3 is 2.30 bits per heavy atom. The lowest BCUT2D eigenvalue weighted by Crippen LogP contribution is -2.29. The van der Waals surface area contributed by atoms with Crippen molar-refractivity contribution in [2.75, 3.05) is 7.05 Å². The van der Waals surface area contributed by atoms with E-state index in [0.29, 0.717) is 0 Å². The quantitative estimate of drug-likeness (QED) is 0.837. The molecule has 2 aromatic rings. The number of sulfonamides is 1. The second-order valence-electron chi connectivity index (χ2n) is 4.57. The molecule has 0 heterocycles. The van der Waals surface area contributed by atoms with Crippen LogP contribution in [0.5, 0.6) is 0 Å². The lowest BCUT2D eigenvalue weighted by atomic mass is 10.1. The molecule has 0 N–H and O–H groups in total. The van der Waals surface area contributed by atoms with Crippen LogP contribution >= 0.6 is 15.9 Å². The molecule has 20 heavy (non-hydrogen) atoms. The molecule has 1 unspecified atom stereocenters. The van der Waals surface area contributed by atoms with Crippen molar-refractivity contribution in [2.45, 2.75) is 17.9 Å². The molecule has 5 heteroatoms. The van der Waals surface area contributed by atoms with E-state index in [1.165, 1.54) is 4.31 Å². The number of rotatable bonds is 4. The van der Waals surface area contributed by atoms with Gasteiger partial charge < -0.3 is 0 Å². The van der Waals surface area contributed by atoms with Gasteiger partial charge in [-0.15, -0.1) is 0 Å². The van der Waals surface area contributed by atoms with Gasteiger partial charge in [-0.3, -0.25) is 0 Å². The second-order valence-corrected chi connectivity index (χ2v) is 7.48. The molecule has 0 amide bonds. The predicted molar refractivity (Wildman–Crippen MR) is 83.9 cm³/mol. The third-order valence-electron chi connectivity index (χ3n) is 3.30. The maximum Gasteiger partial charge on any atom is 0.243 e. The summed E-state index contributed by atoms with van der Waals surface area (Å²) in [7, 11) is -1.90. The molecule has 0 aliphatic carbocycles. The molecular weight excluding hydrogens is 338 g/mol. The van der Waals surface area contributed by atoms with E-state index in [2.05, 4.69) is 15.9 Å². The summed E-state index contributed by atoms with van der Waals surface area (Å²) < 4.78 is 27.4. The Morgan fingerprint density at radius 1 is 1.05 bits per heavy atom. The van der Waals surface area contributed by atoms with Crippen LogP contribution in [0.3, 0.4) is 0 Å². The molecule has 3 nitrogen and oxygen atoms in total. The monoisotopic (exact) mass is 353 g/mol. The van der Waals surface area contributed by atoms with Crippen molar-refractivity contribution in [1.82, 2.24) is 4.31 Å². The van der Waals surface area contributed by atoms with Crippen molar-refractivity contribution in [3.8, 4) is 0 Å². The standard InChI is InChI=1S/C15H16BrNO2S/c1-12(13-7-4-3-5-8-13)17(2)20(18,19)15-10-6-9-14(16)11-15/h3-12H,1-2H3. The van der Waals surface area contributed by atoms with Crippen molar-refractivity contribution in [2.24, 2.45) is 0 Å². The van der Waals surface area contributed by atoms with Crippen molar-refractivity contribution >= 4 is 26.0 Å². The van der Waals surface area contributed by atoms with Gasteiger partial charge in [0.15, 0.2) is 0 Å². The lowest BCUT2D eigenvalue weighted by molar-refractivity contribution is 0.398. The van der Waals surface area contributed by atoms with Crippen LogP contribution in [-0.4, -0.2) is 19.8 Å². The maximum atomic E-state index is 12.6. The van der Waals surface area contributed by atoms with Crippen LogP contribution in [0.4, 0.5) is 0 Å². The van der Waals surface area contributed by atoms with Crippen molar-refractivity contribution in [3.05, 3.63) is 64.6 Å². The SMILES string of the molecule is CC(c1ccccc1)N(C)S(=O)(=O)c1cccc(Br)c1. The molecule has 0 aliphatic rings. The maximum absolute atomic E-state index is 12.6. The summed E-state index contributed by atoms with van der Waals surface area (Å²) in [5.41, 5.74) is 0.966. The third-order valence-corrected chi connectivity index (χ3v) is 5.72. The fourth-order valence-electron chi connectivity index (χ4n) is 1.94. The number of hydrogen-bond donors (Lipinski definition) is 0. The first-order valence-electron chi connectivity index (χ1n) is 6.21. The molecule has 0 aliphatic heterocycles. The van der Waals surface area contributed by atoms with Gasteiger partial charge in [-0.1, -0.05) is 52.3 Å². The van der Waals surface area contributed by atoms with Crippen LogP contribution in [0.25, 0.3) is 0 Å². The van der Waals surface area contributed by atoms with Crippen LogP contribution in [0.2, 0.25) is 0 Å². The highest BCUT2D eigenvalue weighted by atomic mass is 79.9. The van der Waals surface area contributed by atoms with E-state index >= 15 is 0 Å². The molecule has 0 spiro atoms. The largest absolute Gasteiger partial charge is 0.243 e. The highest BCUT2D eigenvalue weighted by molar-refractivity contribution is 9.10. The Hall–Kier alpha value is -1.17. The molecule has 0 aromatic heterocycles. The van der Waals surface area contributed by atoms with Crippen molar-refractivity contribution < 1.29 is 8.42 Å². The van der Waals surface area contributed by atoms with Gasteiger partial charge in [0, 0.05) is 17.6 Å². The van der Waals surface area contributed by atoms with Gasteiger partial charge in [-0.05, 0) is 30.7 Å². The van der Waals surface area contributed by atoms with Crippen LogP contribution < -0.4 is 0 Å². The average Bonchev–Trinajstić information content (AvgIpc) is 2.46. The minimum atomic E-state index is -3.51. The Morgan fingerprint density at radius 2 is 1.70 bits per heavy atom. The molecule has 0 bridgehead atoms.